The van der Waals surface area contributed by atoms with E-state index >= 15 is 0 Å². The van der Waals surface area contributed by atoms with Gasteiger partial charge in [-0.2, -0.15) is 13.2 Å². The average molecular weight is 283 g/mol. The van der Waals surface area contributed by atoms with E-state index in [1.807, 2.05) is 0 Å². The molecular formula is C13H24F3NO2. The van der Waals surface area contributed by atoms with E-state index in [0.717, 1.165) is 32.1 Å². The summed E-state index contributed by atoms with van der Waals surface area (Å²) in [5.74, 6) is 0.704. The molecule has 0 aromatic heterocycles. The molecule has 0 radical (unpaired) electrons. The van der Waals surface area contributed by atoms with Crippen molar-refractivity contribution in [3.8, 4) is 0 Å². The van der Waals surface area contributed by atoms with Gasteiger partial charge in [0.05, 0.1) is 12.2 Å². The molecule has 1 fully saturated rings. The van der Waals surface area contributed by atoms with Crippen LogP contribution in [-0.4, -0.2) is 43.2 Å². The van der Waals surface area contributed by atoms with Gasteiger partial charge in [0.15, 0.2) is 0 Å². The van der Waals surface area contributed by atoms with E-state index in [1.54, 1.807) is 0 Å². The number of nitrogens with one attached hydrogen (secondary N) is 1. The quantitative estimate of drug-likeness (QED) is 0.705. The molecule has 0 unspecified atom stereocenters. The molecule has 0 aromatic rings. The van der Waals surface area contributed by atoms with Gasteiger partial charge in [-0.1, -0.05) is 13.3 Å². The first-order chi connectivity index (χ1) is 8.85. The van der Waals surface area contributed by atoms with Crippen LogP contribution in [0.3, 0.4) is 0 Å². The number of ether oxygens (including phenoxy) is 1. The van der Waals surface area contributed by atoms with Crippen molar-refractivity contribution in [3.63, 3.8) is 0 Å². The Morgan fingerprint density at radius 2 is 1.95 bits per heavy atom. The first kappa shape index (κ1) is 16.7. The van der Waals surface area contributed by atoms with Crippen molar-refractivity contribution in [2.75, 3.05) is 26.3 Å². The van der Waals surface area contributed by atoms with Crippen LogP contribution in [0.4, 0.5) is 13.2 Å². The summed E-state index contributed by atoms with van der Waals surface area (Å²) in [7, 11) is 0. The van der Waals surface area contributed by atoms with E-state index in [2.05, 4.69) is 17.0 Å². The highest BCUT2D eigenvalue weighted by atomic mass is 19.4. The maximum Gasteiger partial charge on any atom is 0.411 e. The smallest absolute Gasteiger partial charge is 0.389 e. The summed E-state index contributed by atoms with van der Waals surface area (Å²) in [6, 6.07) is 0. The van der Waals surface area contributed by atoms with E-state index in [-0.39, 0.29) is 6.61 Å². The highest BCUT2D eigenvalue weighted by Gasteiger charge is 2.32. The van der Waals surface area contributed by atoms with Crippen LogP contribution in [-0.2, 0) is 4.74 Å². The molecule has 0 atom stereocenters. The second kappa shape index (κ2) is 7.45. The summed E-state index contributed by atoms with van der Waals surface area (Å²) in [4.78, 5) is 0. The van der Waals surface area contributed by atoms with Crippen molar-refractivity contribution in [2.24, 2.45) is 5.92 Å². The largest absolute Gasteiger partial charge is 0.411 e. The zero-order chi connectivity index (χ0) is 14.4. The lowest BCUT2D eigenvalue weighted by molar-refractivity contribution is -0.173. The van der Waals surface area contributed by atoms with Gasteiger partial charge in [-0.25, -0.2) is 0 Å². The van der Waals surface area contributed by atoms with E-state index in [0.29, 0.717) is 19.0 Å². The third-order valence-electron chi connectivity index (χ3n) is 3.76. The molecule has 0 amide bonds. The van der Waals surface area contributed by atoms with Crippen molar-refractivity contribution in [1.82, 2.24) is 5.32 Å². The molecule has 1 aliphatic carbocycles. The van der Waals surface area contributed by atoms with Gasteiger partial charge in [0.25, 0.3) is 0 Å². The Kier molecular flexibility index (Phi) is 6.56. The number of rotatable bonds is 7. The van der Waals surface area contributed by atoms with Crippen LogP contribution in [0.25, 0.3) is 0 Å². The van der Waals surface area contributed by atoms with E-state index in [9.17, 15) is 18.3 Å². The normalized spacial score (nSPS) is 28.6. The summed E-state index contributed by atoms with van der Waals surface area (Å²) in [6.45, 7) is 1.71. The standard InChI is InChI=1S/C13H24F3NO2/c1-2-11-3-5-12(18,6-4-11)9-17-7-8-19-10-13(14,15)16/h11,17-18H,2-10H2,1H3. The first-order valence-corrected chi connectivity index (χ1v) is 6.92. The molecule has 2 N–H and O–H groups in total. The SMILES string of the molecule is CCC1CCC(O)(CNCCOCC(F)(F)F)CC1. The second-order valence-electron chi connectivity index (χ2n) is 5.42. The van der Waals surface area contributed by atoms with Gasteiger partial charge in [-0.05, 0) is 31.6 Å². The van der Waals surface area contributed by atoms with Crippen LogP contribution in [0.2, 0.25) is 0 Å². The topological polar surface area (TPSA) is 41.5 Å². The van der Waals surface area contributed by atoms with Gasteiger partial charge >= 0.3 is 6.18 Å². The molecule has 0 aromatic carbocycles. The lowest BCUT2D eigenvalue weighted by atomic mass is 9.78. The minimum atomic E-state index is -4.27. The molecule has 1 rings (SSSR count). The average Bonchev–Trinajstić information content (AvgIpc) is 2.33. The lowest BCUT2D eigenvalue weighted by Gasteiger charge is -2.36. The number of hydrogen-bond acceptors (Lipinski definition) is 3. The molecule has 19 heavy (non-hydrogen) atoms. The fourth-order valence-electron chi connectivity index (χ4n) is 2.45. The van der Waals surface area contributed by atoms with Crippen LogP contribution in [0.15, 0.2) is 0 Å². The van der Waals surface area contributed by atoms with Gasteiger partial charge in [-0.3, -0.25) is 0 Å². The Hall–Kier alpha value is -0.330. The summed E-state index contributed by atoms with van der Waals surface area (Å²) < 4.78 is 39.9. The van der Waals surface area contributed by atoms with Crippen molar-refractivity contribution >= 4 is 0 Å². The van der Waals surface area contributed by atoms with Gasteiger partial charge < -0.3 is 15.2 Å². The summed E-state index contributed by atoms with van der Waals surface area (Å²) >= 11 is 0. The lowest BCUT2D eigenvalue weighted by Crippen LogP contribution is -2.44. The Morgan fingerprint density at radius 3 is 2.47 bits per heavy atom. The van der Waals surface area contributed by atoms with Gasteiger partial charge in [0, 0.05) is 13.1 Å². The van der Waals surface area contributed by atoms with E-state index in [4.69, 9.17) is 0 Å². The Balaban J connectivity index is 2.06. The highest BCUT2D eigenvalue weighted by Crippen LogP contribution is 2.33. The molecule has 0 heterocycles. The number of halogens is 3. The zero-order valence-corrected chi connectivity index (χ0v) is 11.4. The minimum absolute atomic E-state index is 0.00712. The van der Waals surface area contributed by atoms with E-state index in [1.165, 1.54) is 0 Å². The molecule has 0 spiro atoms. The van der Waals surface area contributed by atoms with Crippen molar-refractivity contribution in [1.29, 1.82) is 0 Å². The van der Waals surface area contributed by atoms with Crippen molar-refractivity contribution in [2.45, 2.75) is 50.8 Å². The van der Waals surface area contributed by atoms with Gasteiger partial charge in [0.1, 0.15) is 6.61 Å². The van der Waals surface area contributed by atoms with Crippen LogP contribution in [0.5, 0.6) is 0 Å². The predicted octanol–water partition coefficient (Wildman–Crippen LogP) is 2.49. The third kappa shape index (κ3) is 7.13. The molecule has 3 nitrogen and oxygen atoms in total. The molecule has 114 valence electrons. The van der Waals surface area contributed by atoms with Crippen LogP contribution >= 0.6 is 0 Å². The molecule has 0 bridgehead atoms. The molecule has 1 aliphatic rings. The Morgan fingerprint density at radius 1 is 1.32 bits per heavy atom. The molecule has 0 aliphatic heterocycles. The zero-order valence-electron chi connectivity index (χ0n) is 11.4. The van der Waals surface area contributed by atoms with E-state index < -0.39 is 18.4 Å². The predicted molar refractivity (Wildman–Crippen MR) is 66.9 cm³/mol. The summed E-state index contributed by atoms with van der Waals surface area (Å²) in [6.07, 6.45) is 0.466. The van der Waals surface area contributed by atoms with Crippen LogP contribution < -0.4 is 5.32 Å². The first-order valence-electron chi connectivity index (χ1n) is 6.92. The number of aliphatic hydroxyl groups is 1. The fourth-order valence-corrected chi connectivity index (χ4v) is 2.45. The third-order valence-corrected chi connectivity index (χ3v) is 3.76. The maximum absolute atomic E-state index is 11.8. The molecule has 1 saturated carbocycles. The Labute approximate surface area is 112 Å². The number of alkyl halides is 3. The summed E-state index contributed by atoms with van der Waals surface area (Å²) in [5, 5.41) is 13.3. The van der Waals surface area contributed by atoms with Gasteiger partial charge in [-0.15, -0.1) is 0 Å². The van der Waals surface area contributed by atoms with Crippen molar-refractivity contribution in [3.05, 3.63) is 0 Å². The highest BCUT2D eigenvalue weighted by molar-refractivity contribution is 4.86. The Bertz CT molecular complexity index is 251. The monoisotopic (exact) mass is 283 g/mol. The molecule has 0 saturated heterocycles. The maximum atomic E-state index is 11.8. The van der Waals surface area contributed by atoms with Crippen molar-refractivity contribution < 1.29 is 23.0 Å². The second-order valence-corrected chi connectivity index (χ2v) is 5.42. The molecular weight excluding hydrogens is 259 g/mol. The molecule has 6 heteroatoms. The number of hydrogen-bond donors (Lipinski definition) is 2. The van der Waals surface area contributed by atoms with Crippen LogP contribution in [0, 0.1) is 5.92 Å². The van der Waals surface area contributed by atoms with Gasteiger partial charge in [0.2, 0.25) is 0 Å². The summed E-state index contributed by atoms with van der Waals surface area (Å²) in [5.41, 5.74) is -0.699. The van der Waals surface area contributed by atoms with Crippen LogP contribution in [0.1, 0.15) is 39.0 Å². The minimum Gasteiger partial charge on any atom is -0.389 e. The fraction of sp³-hybridized carbons (Fsp3) is 1.00.